The van der Waals surface area contributed by atoms with Gasteiger partial charge >= 0.3 is 5.95 Å². The lowest BCUT2D eigenvalue weighted by molar-refractivity contribution is -0.0106. The highest BCUT2D eigenvalue weighted by Gasteiger charge is 2.12. The third kappa shape index (κ3) is 4.91. The van der Waals surface area contributed by atoms with Crippen molar-refractivity contribution in [1.82, 2.24) is 0 Å². The first kappa shape index (κ1) is 8.05. The number of rotatable bonds is 1. The van der Waals surface area contributed by atoms with Crippen LogP contribution in [0.3, 0.4) is 0 Å². The minimum Gasteiger partial charge on any atom is -0.473 e. The molecule has 0 aliphatic heterocycles. The predicted octanol–water partition coefficient (Wildman–Crippen LogP) is 1.03. The first-order valence-electron chi connectivity index (χ1n) is 2.59. The molecule has 0 bridgehead atoms. The Balaban J connectivity index is 3.89. The first-order valence-corrected chi connectivity index (χ1v) is 2.59. The van der Waals surface area contributed by atoms with E-state index in [2.05, 4.69) is 4.74 Å². The van der Waals surface area contributed by atoms with Gasteiger partial charge < -0.3 is 9.84 Å². The van der Waals surface area contributed by atoms with Crippen molar-refractivity contribution < 1.29 is 14.6 Å². The summed E-state index contributed by atoms with van der Waals surface area (Å²) < 4.78 is 4.64. The summed E-state index contributed by atoms with van der Waals surface area (Å²) in [7, 11) is 0. The average Bonchev–Trinajstić information content (AvgIpc) is 1.62. The molecule has 3 nitrogen and oxygen atoms in total. The molecule has 0 aromatic rings. The topological polar surface area (TPSA) is 46.5 Å². The van der Waals surface area contributed by atoms with Gasteiger partial charge in [-0.3, -0.25) is 0 Å². The molecule has 0 atom stereocenters. The summed E-state index contributed by atoms with van der Waals surface area (Å²) in [5.74, 6) is 0.529. The highest BCUT2D eigenvalue weighted by atomic mass is 16.6. The highest BCUT2D eigenvalue weighted by molar-refractivity contribution is 5.46. The second-order valence-corrected chi connectivity index (χ2v) is 2.62. The van der Waals surface area contributed by atoms with Gasteiger partial charge in [-0.2, -0.15) is 0 Å². The van der Waals surface area contributed by atoms with Crippen LogP contribution in [0.2, 0.25) is 0 Å². The van der Waals surface area contributed by atoms with Gasteiger partial charge in [0.15, 0.2) is 0 Å². The number of aliphatic hydroxyl groups is 1. The van der Waals surface area contributed by atoms with Gasteiger partial charge in [0.05, 0.1) is 0 Å². The molecule has 0 amide bonds. The summed E-state index contributed by atoms with van der Waals surface area (Å²) in [6.07, 6.45) is 0. The average molecular weight is 130 g/mol. The zero-order valence-electron chi connectivity index (χ0n) is 5.76. The highest BCUT2D eigenvalue weighted by Crippen LogP contribution is 2.08. The predicted molar refractivity (Wildman–Crippen MR) is 32.7 cm³/mol. The van der Waals surface area contributed by atoms with Crippen LogP contribution in [0.1, 0.15) is 20.8 Å². The lowest BCUT2D eigenvalue weighted by atomic mass is 10.2. The maximum atomic E-state index is 9.65. The van der Waals surface area contributed by atoms with Gasteiger partial charge in [-0.25, -0.2) is 4.79 Å². The van der Waals surface area contributed by atoms with Crippen LogP contribution in [0.4, 0.5) is 0 Å². The van der Waals surface area contributed by atoms with Crippen LogP contribution in [0, 0.1) is 0 Å². The molecule has 0 aliphatic rings. The number of carbonyl (C=O) groups excluding carboxylic acids is 1. The Morgan fingerprint density at radius 3 is 2.11 bits per heavy atom. The summed E-state index contributed by atoms with van der Waals surface area (Å²) in [6, 6.07) is 0. The fourth-order valence-electron chi connectivity index (χ4n) is 0.311. The summed E-state index contributed by atoms with van der Waals surface area (Å²) in [4.78, 5) is 9.65. The summed E-state index contributed by atoms with van der Waals surface area (Å²) in [5, 5.41) is 8.46. The van der Waals surface area contributed by atoms with E-state index in [-0.39, 0.29) is 0 Å². The molecule has 0 spiro atoms. The molecule has 9 heavy (non-hydrogen) atoms. The minimum absolute atomic E-state index is 0.526. The van der Waals surface area contributed by atoms with Crippen LogP contribution >= 0.6 is 0 Å². The Morgan fingerprint density at radius 2 is 2.00 bits per heavy atom. The molecule has 52 valence electrons. The van der Waals surface area contributed by atoms with Crippen molar-refractivity contribution in [3.05, 3.63) is 5.95 Å². The number of aliphatic hydroxyl groups excluding tert-OH is 1. The van der Waals surface area contributed by atoms with Crippen LogP contribution in [0.15, 0.2) is 5.95 Å². The van der Waals surface area contributed by atoms with Crippen molar-refractivity contribution in [2.75, 3.05) is 0 Å². The van der Waals surface area contributed by atoms with E-state index in [0.717, 1.165) is 0 Å². The zero-order chi connectivity index (χ0) is 7.49. The molecule has 1 N–H and O–H groups in total. The van der Waals surface area contributed by atoms with E-state index in [0.29, 0.717) is 0 Å². The van der Waals surface area contributed by atoms with Gasteiger partial charge in [0.1, 0.15) is 5.60 Å². The van der Waals surface area contributed by atoms with E-state index in [1.807, 2.05) is 0 Å². The van der Waals surface area contributed by atoms with E-state index in [4.69, 9.17) is 5.11 Å². The molecule has 0 heterocycles. The largest absolute Gasteiger partial charge is 0.473 e. The van der Waals surface area contributed by atoms with Crippen molar-refractivity contribution in [2.45, 2.75) is 26.4 Å². The quantitative estimate of drug-likeness (QED) is 0.426. The minimum atomic E-state index is -0.692. The van der Waals surface area contributed by atoms with Crippen molar-refractivity contribution in [2.24, 2.45) is 0 Å². The molecular formula is C6H10O3. The monoisotopic (exact) mass is 130 g/mol. The number of hydrogen-bond acceptors (Lipinski definition) is 3. The van der Waals surface area contributed by atoms with Crippen molar-refractivity contribution in [1.29, 1.82) is 0 Å². The van der Waals surface area contributed by atoms with E-state index < -0.39 is 11.5 Å². The summed E-state index contributed by atoms with van der Waals surface area (Å²) >= 11 is 0. The molecule has 0 fully saturated rings. The van der Waals surface area contributed by atoms with E-state index in [9.17, 15) is 4.79 Å². The van der Waals surface area contributed by atoms with Crippen LogP contribution in [0.5, 0.6) is 0 Å². The number of hydrogen-bond donors (Lipinski definition) is 1. The molecular weight excluding hydrogens is 120 g/mol. The van der Waals surface area contributed by atoms with Gasteiger partial charge in [-0.1, -0.05) is 0 Å². The third-order valence-corrected chi connectivity index (χ3v) is 0.490. The number of ether oxygens (including phenoxy) is 1. The molecule has 0 saturated heterocycles. The van der Waals surface area contributed by atoms with Crippen LogP contribution < -0.4 is 0 Å². The first-order chi connectivity index (χ1) is 3.95. The lowest BCUT2D eigenvalue weighted by Gasteiger charge is -2.17. The molecule has 0 radical (unpaired) electrons. The van der Waals surface area contributed by atoms with Crippen LogP contribution in [-0.4, -0.2) is 16.6 Å². The maximum Gasteiger partial charge on any atom is 0.367 e. The fraction of sp³-hybridized carbons (Fsp3) is 0.667. The normalized spacial score (nSPS) is 10.1. The second kappa shape index (κ2) is 2.55. The van der Waals surface area contributed by atoms with Crippen LogP contribution in [0.25, 0.3) is 0 Å². The SMILES string of the molecule is CC(C)(C)OC(O)=C=O. The fourth-order valence-corrected chi connectivity index (χ4v) is 0.311. The molecule has 0 saturated carbocycles. The molecule has 3 heteroatoms. The van der Waals surface area contributed by atoms with Gasteiger partial charge in [0, 0.05) is 0 Å². The van der Waals surface area contributed by atoms with Crippen molar-refractivity contribution in [3.8, 4) is 0 Å². The van der Waals surface area contributed by atoms with E-state index in [1.165, 1.54) is 5.94 Å². The van der Waals surface area contributed by atoms with Gasteiger partial charge in [0.25, 0.3) is 0 Å². The van der Waals surface area contributed by atoms with Crippen molar-refractivity contribution >= 4 is 5.94 Å². The lowest BCUT2D eigenvalue weighted by Crippen LogP contribution is -2.18. The van der Waals surface area contributed by atoms with E-state index >= 15 is 0 Å². The Bertz CT molecular complexity index is 137. The van der Waals surface area contributed by atoms with Crippen LogP contribution in [-0.2, 0) is 9.53 Å². The molecule has 0 rings (SSSR count). The van der Waals surface area contributed by atoms with Gasteiger partial charge in [0.2, 0.25) is 5.94 Å². The van der Waals surface area contributed by atoms with Crippen molar-refractivity contribution in [3.63, 3.8) is 0 Å². The third-order valence-electron chi connectivity index (χ3n) is 0.490. The molecule has 0 aromatic heterocycles. The Morgan fingerprint density at radius 1 is 1.56 bits per heavy atom. The van der Waals surface area contributed by atoms with Gasteiger partial charge in [-0.05, 0) is 20.8 Å². The second-order valence-electron chi connectivity index (χ2n) is 2.62. The Kier molecular flexibility index (Phi) is 2.29. The smallest absolute Gasteiger partial charge is 0.367 e. The zero-order valence-corrected chi connectivity index (χ0v) is 5.76. The Hall–Kier alpha value is -0.950. The molecule has 0 aromatic carbocycles. The standard InChI is InChI=1S/C6H10O3/c1-6(2,3)9-5(8)4-7/h8H,1-3H3. The molecule has 0 aliphatic carbocycles. The van der Waals surface area contributed by atoms with E-state index in [1.54, 1.807) is 20.8 Å². The summed E-state index contributed by atoms with van der Waals surface area (Å²) in [6.45, 7) is 5.17. The summed E-state index contributed by atoms with van der Waals surface area (Å²) in [5.41, 5.74) is -0.526. The Labute approximate surface area is 53.9 Å². The molecule has 0 unspecified atom stereocenters. The maximum absolute atomic E-state index is 9.65. The van der Waals surface area contributed by atoms with Gasteiger partial charge in [-0.15, -0.1) is 0 Å².